The summed E-state index contributed by atoms with van der Waals surface area (Å²) in [7, 11) is 0. The van der Waals surface area contributed by atoms with Crippen molar-refractivity contribution in [2.24, 2.45) is 23.2 Å². The summed E-state index contributed by atoms with van der Waals surface area (Å²) >= 11 is 6.33. The molecule has 4 fully saturated rings. The minimum Gasteiger partial charge on any atom is -0.326 e. The summed E-state index contributed by atoms with van der Waals surface area (Å²) < 4.78 is 0. The molecule has 186 valence electrons. The number of benzene rings is 3. The summed E-state index contributed by atoms with van der Waals surface area (Å²) in [6.07, 6.45) is 8.67. The second-order valence-corrected chi connectivity index (χ2v) is 12.2. The molecular weight excluding hydrogens is 476 g/mol. The van der Waals surface area contributed by atoms with Crippen LogP contribution in [0.15, 0.2) is 78.9 Å². The maximum atomic E-state index is 13.1. The van der Waals surface area contributed by atoms with Gasteiger partial charge in [-0.25, -0.2) is 4.98 Å². The standard InChI is InChI=1S/C33H31ClN2O/c34-26-8-11-30-29(15-26)28(24-4-2-1-3-5-24)16-31(36-30)25-6-9-27(10-7-25)35-32(37)20-33-17-21-12-22(18-33)14-23(13-21)19-33/h1-11,15-16,21-23H,12-14,17-20H2,(H,35,37). The molecule has 37 heavy (non-hydrogen) atoms. The monoisotopic (exact) mass is 506 g/mol. The topological polar surface area (TPSA) is 42.0 Å². The van der Waals surface area contributed by atoms with E-state index in [0.717, 1.165) is 56.7 Å². The number of amides is 1. The zero-order valence-corrected chi connectivity index (χ0v) is 21.7. The van der Waals surface area contributed by atoms with Crippen LogP contribution in [0.1, 0.15) is 44.9 Å². The van der Waals surface area contributed by atoms with Gasteiger partial charge in [0, 0.05) is 28.1 Å². The number of hydrogen-bond donors (Lipinski definition) is 1. The van der Waals surface area contributed by atoms with E-state index >= 15 is 0 Å². The number of aromatic nitrogens is 1. The Morgan fingerprint density at radius 1 is 0.838 bits per heavy atom. The lowest BCUT2D eigenvalue weighted by Gasteiger charge is -2.56. The summed E-state index contributed by atoms with van der Waals surface area (Å²) in [5, 5.41) is 4.93. The Bertz CT molecular complexity index is 1440. The molecule has 0 aliphatic heterocycles. The molecule has 4 aliphatic rings. The van der Waals surface area contributed by atoms with E-state index < -0.39 is 0 Å². The highest BCUT2D eigenvalue weighted by Crippen LogP contribution is 2.61. The predicted molar refractivity (Wildman–Crippen MR) is 151 cm³/mol. The van der Waals surface area contributed by atoms with Crippen LogP contribution in [0.2, 0.25) is 5.02 Å². The average molecular weight is 507 g/mol. The van der Waals surface area contributed by atoms with Crippen LogP contribution in [0.3, 0.4) is 0 Å². The van der Waals surface area contributed by atoms with Crippen LogP contribution in [0.4, 0.5) is 5.69 Å². The van der Waals surface area contributed by atoms with E-state index in [-0.39, 0.29) is 11.3 Å². The van der Waals surface area contributed by atoms with Gasteiger partial charge in [0.15, 0.2) is 0 Å². The van der Waals surface area contributed by atoms with Gasteiger partial charge in [0.25, 0.3) is 0 Å². The van der Waals surface area contributed by atoms with Crippen molar-refractivity contribution in [1.82, 2.24) is 4.98 Å². The smallest absolute Gasteiger partial charge is 0.224 e. The quantitative estimate of drug-likeness (QED) is 0.294. The third kappa shape index (κ3) is 4.44. The van der Waals surface area contributed by atoms with Crippen molar-refractivity contribution >= 4 is 34.1 Å². The van der Waals surface area contributed by atoms with Gasteiger partial charge in [-0.15, -0.1) is 0 Å². The van der Waals surface area contributed by atoms with Crippen LogP contribution in [-0.4, -0.2) is 10.9 Å². The summed E-state index contributed by atoms with van der Waals surface area (Å²) in [6.45, 7) is 0. The lowest BCUT2D eigenvalue weighted by Crippen LogP contribution is -2.47. The number of carbonyl (C=O) groups excluding carboxylic acids is 1. The molecule has 4 aliphatic carbocycles. The van der Waals surface area contributed by atoms with Gasteiger partial charge in [-0.1, -0.05) is 54.1 Å². The fourth-order valence-corrected chi connectivity index (χ4v) is 8.15. The zero-order valence-electron chi connectivity index (χ0n) is 20.9. The number of anilines is 1. The van der Waals surface area contributed by atoms with Crippen molar-refractivity contribution in [2.75, 3.05) is 5.32 Å². The first-order chi connectivity index (χ1) is 18.0. The van der Waals surface area contributed by atoms with Crippen LogP contribution in [0.25, 0.3) is 33.3 Å². The molecule has 0 radical (unpaired) electrons. The molecule has 3 aromatic carbocycles. The fraction of sp³-hybridized carbons (Fsp3) is 0.333. The van der Waals surface area contributed by atoms with Gasteiger partial charge in [0.2, 0.25) is 5.91 Å². The second kappa shape index (κ2) is 8.99. The Labute approximate surface area is 223 Å². The Kier molecular flexibility index (Phi) is 5.58. The number of carbonyl (C=O) groups is 1. The average Bonchev–Trinajstić information content (AvgIpc) is 2.88. The molecule has 4 heteroatoms. The molecule has 1 N–H and O–H groups in total. The molecule has 8 rings (SSSR count). The van der Waals surface area contributed by atoms with E-state index in [1.54, 1.807) is 0 Å². The fourth-order valence-electron chi connectivity index (χ4n) is 7.98. The normalized spacial score (nSPS) is 25.9. The van der Waals surface area contributed by atoms with Crippen LogP contribution in [-0.2, 0) is 4.79 Å². The summed E-state index contributed by atoms with van der Waals surface area (Å²) in [6, 6.07) is 26.4. The molecule has 3 nitrogen and oxygen atoms in total. The number of rotatable bonds is 5. The van der Waals surface area contributed by atoms with Gasteiger partial charge in [0.05, 0.1) is 11.2 Å². The Balaban J connectivity index is 1.13. The first kappa shape index (κ1) is 23.0. The molecule has 4 aromatic rings. The van der Waals surface area contributed by atoms with E-state index in [4.69, 9.17) is 16.6 Å². The van der Waals surface area contributed by atoms with Gasteiger partial charge in [0.1, 0.15) is 0 Å². The van der Waals surface area contributed by atoms with Crippen molar-refractivity contribution < 1.29 is 4.79 Å². The minimum absolute atomic E-state index is 0.168. The van der Waals surface area contributed by atoms with Gasteiger partial charge in [-0.3, -0.25) is 4.79 Å². The van der Waals surface area contributed by atoms with Crippen LogP contribution in [0.5, 0.6) is 0 Å². The highest BCUT2D eigenvalue weighted by Gasteiger charge is 2.51. The van der Waals surface area contributed by atoms with Crippen LogP contribution >= 0.6 is 11.6 Å². The molecule has 0 spiro atoms. The van der Waals surface area contributed by atoms with E-state index in [9.17, 15) is 4.79 Å². The first-order valence-corrected chi connectivity index (χ1v) is 14.0. The van der Waals surface area contributed by atoms with E-state index in [1.165, 1.54) is 38.5 Å². The van der Waals surface area contributed by atoms with E-state index in [0.29, 0.717) is 11.4 Å². The lowest BCUT2D eigenvalue weighted by atomic mass is 9.49. The molecule has 0 unspecified atom stereocenters. The van der Waals surface area contributed by atoms with Gasteiger partial charge < -0.3 is 5.32 Å². The van der Waals surface area contributed by atoms with Crippen molar-refractivity contribution in [3.05, 3.63) is 83.9 Å². The lowest BCUT2D eigenvalue weighted by molar-refractivity contribution is -0.124. The first-order valence-electron chi connectivity index (χ1n) is 13.6. The van der Waals surface area contributed by atoms with Crippen molar-refractivity contribution in [3.8, 4) is 22.4 Å². The minimum atomic E-state index is 0.168. The predicted octanol–water partition coefficient (Wildman–Crippen LogP) is 8.77. The van der Waals surface area contributed by atoms with Gasteiger partial charge >= 0.3 is 0 Å². The Morgan fingerprint density at radius 2 is 1.51 bits per heavy atom. The third-order valence-corrected chi connectivity index (χ3v) is 9.26. The number of pyridine rings is 1. The number of hydrogen-bond acceptors (Lipinski definition) is 2. The maximum Gasteiger partial charge on any atom is 0.224 e. The number of nitrogens with one attached hydrogen (secondary N) is 1. The molecule has 1 amide bonds. The van der Waals surface area contributed by atoms with Crippen molar-refractivity contribution in [1.29, 1.82) is 0 Å². The Hall–Kier alpha value is -3.17. The van der Waals surface area contributed by atoms with Gasteiger partial charge in [-0.2, -0.15) is 0 Å². The zero-order chi connectivity index (χ0) is 25.0. The molecule has 1 aromatic heterocycles. The van der Waals surface area contributed by atoms with Crippen LogP contribution < -0.4 is 5.32 Å². The third-order valence-electron chi connectivity index (χ3n) is 9.02. The van der Waals surface area contributed by atoms with Crippen LogP contribution in [0, 0.1) is 23.2 Å². The number of fused-ring (bicyclic) bond motifs is 1. The number of halogens is 1. The number of nitrogens with zero attached hydrogens (tertiary/aromatic N) is 1. The van der Waals surface area contributed by atoms with E-state index in [1.807, 2.05) is 48.5 Å². The summed E-state index contributed by atoms with van der Waals surface area (Å²) in [5.41, 5.74) is 6.18. The SMILES string of the molecule is O=C(CC12CC3CC(CC(C3)C1)C2)Nc1ccc(-c2cc(-c3ccccc3)c3cc(Cl)ccc3n2)cc1. The largest absolute Gasteiger partial charge is 0.326 e. The summed E-state index contributed by atoms with van der Waals surface area (Å²) in [5.74, 6) is 2.76. The molecule has 4 bridgehead atoms. The molecule has 0 saturated heterocycles. The highest BCUT2D eigenvalue weighted by molar-refractivity contribution is 6.31. The van der Waals surface area contributed by atoms with E-state index in [2.05, 4.69) is 35.6 Å². The van der Waals surface area contributed by atoms with Crippen molar-refractivity contribution in [2.45, 2.75) is 44.9 Å². The molecule has 4 saturated carbocycles. The maximum absolute atomic E-state index is 13.1. The molecular formula is C33H31ClN2O. The van der Waals surface area contributed by atoms with Gasteiger partial charge in [-0.05, 0) is 109 Å². The highest BCUT2D eigenvalue weighted by atomic mass is 35.5. The molecule has 1 heterocycles. The summed E-state index contributed by atoms with van der Waals surface area (Å²) in [4.78, 5) is 18.0. The second-order valence-electron chi connectivity index (χ2n) is 11.8. The Morgan fingerprint density at radius 3 is 2.19 bits per heavy atom. The molecule has 0 atom stereocenters. The van der Waals surface area contributed by atoms with Crippen molar-refractivity contribution in [3.63, 3.8) is 0 Å².